The highest BCUT2D eigenvalue weighted by molar-refractivity contribution is 8.00. The number of nitrogens with one attached hydrogen (secondary N) is 1. The van der Waals surface area contributed by atoms with Crippen molar-refractivity contribution >= 4 is 41.1 Å². The molecule has 0 aromatic heterocycles. The third-order valence-electron chi connectivity index (χ3n) is 3.14. The van der Waals surface area contributed by atoms with Gasteiger partial charge in [0.2, 0.25) is 0 Å². The van der Waals surface area contributed by atoms with E-state index in [4.69, 9.17) is 11.6 Å². The first-order valence-electron chi connectivity index (χ1n) is 6.01. The highest BCUT2D eigenvalue weighted by atomic mass is 35.5. The number of carboxylic acid groups (broad SMARTS) is 1. The van der Waals surface area contributed by atoms with E-state index >= 15 is 0 Å². The van der Waals surface area contributed by atoms with Crippen LogP contribution in [0.1, 0.15) is 13.8 Å². The molecule has 2 N–H and O–H groups in total. The van der Waals surface area contributed by atoms with Crippen LogP contribution in [0.25, 0.3) is 0 Å². The number of carbonyl (C=O) groups excluding carboxylic acids is 1. The monoisotopic (exact) mass is 314 g/mol. The quantitative estimate of drug-likeness (QED) is 0.880. The lowest BCUT2D eigenvalue weighted by Gasteiger charge is -2.27. The Kier molecular flexibility index (Phi) is 4.15. The van der Waals surface area contributed by atoms with Gasteiger partial charge in [-0.05, 0) is 38.1 Å². The Labute approximate surface area is 126 Å². The molecule has 0 spiro atoms. The predicted octanol–water partition coefficient (Wildman–Crippen LogP) is 3.11. The number of aliphatic carboxylic acids is 1. The Hall–Kier alpha value is -1.40. The molecular weight excluding hydrogens is 300 g/mol. The van der Waals surface area contributed by atoms with Crippen LogP contribution in [0.15, 0.2) is 24.3 Å². The van der Waals surface area contributed by atoms with E-state index in [-0.39, 0.29) is 0 Å². The third kappa shape index (κ3) is 3.02. The molecule has 108 valence electrons. The molecule has 1 aromatic rings. The third-order valence-corrected chi connectivity index (χ3v) is 4.76. The summed E-state index contributed by atoms with van der Waals surface area (Å²) >= 11 is 7.22. The summed E-state index contributed by atoms with van der Waals surface area (Å²) in [6.45, 7) is 3.65. The average Bonchev–Trinajstić information content (AvgIpc) is 2.68. The number of nitrogens with zero attached hydrogens (tertiary/aromatic N) is 1. The molecule has 1 saturated heterocycles. The summed E-state index contributed by atoms with van der Waals surface area (Å²) in [7, 11) is 0. The lowest BCUT2D eigenvalue weighted by Crippen LogP contribution is -2.50. The number of urea groups is 1. The number of rotatable bonds is 2. The number of benzene rings is 1. The number of carbonyl (C=O) groups is 2. The van der Waals surface area contributed by atoms with E-state index in [9.17, 15) is 14.7 Å². The topological polar surface area (TPSA) is 69.6 Å². The molecule has 0 unspecified atom stereocenters. The van der Waals surface area contributed by atoms with Crippen molar-refractivity contribution in [3.05, 3.63) is 29.3 Å². The maximum Gasteiger partial charge on any atom is 0.327 e. The van der Waals surface area contributed by atoms with E-state index in [0.29, 0.717) is 16.6 Å². The van der Waals surface area contributed by atoms with Crippen molar-refractivity contribution in [3.8, 4) is 0 Å². The van der Waals surface area contributed by atoms with Crippen LogP contribution in [-0.4, -0.2) is 38.7 Å². The molecule has 1 aromatic carbocycles. The molecule has 0 aliphatic carbocycles. The fourth-order valence-electron chi connectivity index (χ4n) is 2.10. The van der Waals surface area contributed by atoms with Crippen LogP contribution in [0.5, 0.6) is 0 Å². The molecule has 1 aliphatic rings. The lowest BCUT2D eigenvalue weighted by atomic mass is 10.0. The fourth-order valence-corrected chi connectivity index (χ4v) is 3.35. The molecule has 7 heteroatoms. The van der Waals surface area contributed by atoms with Crippen molar-refractivity contribution in [3.63, 3.8) is 0 Å². The molecule has 2 rings (SSSR count). The average molecular weight is 315 g/mol. The maximum atomic E-state index is 12.2. The number of hydrogen-bond acceptors (Lipinski definition) is 3. The van der Waals surface area contributed by atoms with Crippen LogP contribution >= 0.6 is 23.4 Å². The first-order chi connectivity index (χ1) is 9.31. The largest absolute Gasteiger partial charge is 0.480 e. The molecule has 5 nitrogen and oxygen atoms in total. The van der Waals surface area contributed by atoms with Crippen LogP contribution in [0.3, 0.4) is 0 Å². The summed E-state index contributed by atoms with van der Waals surface area (Å²) in [5, 5.41) is 12.6. The van der Waals surface area contributed by atoms with Gasteiger partial charge in [0.15, 0.2) is 0 Å². The standard InChI is InChI=1S/C13H15ClN2O3S/c1-13(2)10(11(17)18)16(7-20-13)12(19)15-9-5-3-8(14)4-6-9/h3-6,10H,7H2,1-2H3,(H,15,19)(H,17,18)/t10-/m0/s1. The van der Waals surface area contributed by atoms with Crippen molar-refractivity contribution in [2.45, 2.75) is 24.6 Å². The molecule has 20 heavy (non-hydrogen) atoms. The van der Waals surface area contributed by atoms with Crippen LogP contribution in [-0.2, 0) is 4.79 Å². The second kappa shape index (κ2) is 5.54. The van der Waals surface area contributed by atoms with E-state index in [0.717, 1.165) is 0 Å². The summed E-state index contributed by atoms with van der Waals surface area (Å²) in [5.41, 5.74) is 0.582. The number of carboxylic acids is 1. The van der Waals surface area contributed by atoms with Crippen LogP contribution in [0.2, 0.25) is 5.02 Å². The lowest BCUT2D eigenvalue weighted by molar-refractivity contribution is -0.142. The van der Waals surface area contributed by atoms with Gasteiger partial charge >= 0.3 is 12.0 Å². The second-order valence-corrected chi connectivity index (χ2v) is 7.06. The molecule has 0 radical (unpaired) electrons. The first kappa shape index (κ1) is 15.0. The number of thioether (sulfide) groups is 1. The summed E-state index contributed by atoms with van der Waals surface area (Å²) in [4.78, 5) is 24.9. The molecule has 1 atom stereocenters. The number of amides is 2. The van der Waals surface area contributed by atoms with Crippen molar-refractivity contribution in [2.24, 2.45) is 0 Å². The zero-order chi connectivity index (χ0) is 14.9. The normalized spacial score (nSPS) is 20.8. The molecule has 0 bridgehead atoms. The minimum absolute atomic E-state index is 0.351. The number of anilines is 1. The van der Waals surface area contributed by atoms with Gasteiger partial charge in [-0.15, -0.1) is 11.8 Å². The van der Waals surface area contributed by atoms with Gasteiger partial charge in [-0.3, -0.25) is 0 Å². The van der Waals surface area contributed by atoms with Gasteiger partial charge in [-0.1, -0.05) is 11.6 Å². The van der Waals surface area contributed by atoms with Gasteiger partial charge in [-0.2, -0.15) is 0 Å². The summed E-state index contributed by atoms with van der Waals surface area (Å²) in [5.74, 6) is -0.644. The summed E-state index contributed by atoms with van der Waals surface area (Å²) < 4.78 is -0.511. The Morgan fingerprint density at radius 3 is 2.55 bits per heavy atom. The fraction of sp³-hybridized carbons (Fsp3) is 0.385. The SMILES string of the molecule is CC1(C)SCN(C(=O)Nc2ccc(Cl)cc2)[C@H]1C(=O)O. The van der Waals surface area contributed by atoms with E-state index < -0.39 is 22.8 Å². The van der Waals surface area contributed by atoms with E-state index in [1.165, 1.54) is 16.7 Å². The molecular formula is C13H15ClN2O3S. The summed E-state index contributed by atoms with van der Waals surface area (Å²) in [6.07, 6.45) is 0. The van der Waals surface area contributed by atoms with Crippen LogP contribution in [0.4, 0.5) is 10.5 Å². The minimum Gasteiger partial charge on any atom is -0.480 e. The van der Waals surface area contributed by atoms with Crippen molar-refractivity contribution in [1.29, 1.82) is 0 Å². The van der Waals surface area contributed by atoms with Gasteiger partial charge in [-0.25, -0.2) is 9.59 Å². The maximum absolute atomic E-state index is 12.2. The molecule has 2 amide bonds. The van der Waals surface area contributed by atoms with Gasteiger partial charge in [0, 0.05) is 15.5 Å². The van der Waals surface area contributed by atoms with Gasteiger partial charge < -0.3 is 15.3 Å². The summed E-state index contributed by atoms with van der Waals surface area (Å²) in [6, 6.07) is 5.40. The van der Waals surface area contributed by atoms with Crippen LogP contribution < -0.4 is 5.32 Å². The number of halogens is 1. The van der Waals surface area contributed by atoms with Crippen molar-refractivity contribution in [1.82, 2.24) is 4.90 Å². The molecule has 0 saturated carbocycles. The van der Waals surface area contributed by atoms with Gasteiger partial charge in [0.25, 0.3) is 0 Å². The van der Waals surface area contributed by atoms with E-state index in [2.05, 4.69) is 5.32 Å². The zero-order valence-corrected chi connectivity index (χ0v) is 12.7. The molecule has 1 fully saturated rings. The molecule has 1 aliphatic heterocycles. The first-order valence-corrected chi connectivity index (χ1v) is 7.37. The highest BCUT2D eigenvalue weighted by Crippen LogP contribution is 2.39. The zero-order valence-electron chi connectivity index (χ0n) is 11.1. The highest BCUT2D eigenvalue weighted by Gasteiger charge is 2.48. The van der Waals surface area contributed by atoms with E-state index in [1.807, 2.05) is 13.8 Å². The second-order valence-electron chi connectivity index (χ2n) is 5.02. The minimum atomic E-state index is -0.994. The van der Waals surface area contributed by atoms with E-state index in [1.54, 1.807) is 24.3 Å². The van der Waals surface area contributed by atoms with Crippen LogP contribution in [0, 0.1) is 0 Å². The Morgan fingerprint density at radius 2 is 2.00 bits per heavy atom. The van der Waals surface area contributed by atoms with Gasteiger partial charge in [0.1, 0.15) is 6.04 Å². The predicted molar refractivity (Wildman–Crippen MR) is 80.3 cm³/mol. The Morgan fingerprint density at radius 1 is 1.40 bits per heavy atom. The Balaban J connectivity index is 2.13. The van der Waals surface area contributed by atoms with Gasteiger partial charge in [0.05, 0.1) is 5.88 Å². The number of hydrogen-bond donors (Lipinski definition) is 2. The molecule has 1 heterocycles. The smallest absolute Gasteiger partial charge is 0.327 e. The van der Waals surface area contributed by atoms with Crippen molar-refractivity contribution < 1.29 is 14.7 Å². The Bertz CT molecular complexity index is 533. The van der Waals surface area contributed by atoms with Crippen molar-refractivity contribution in [2.75, 3.05) is 11.2 Å².